The van der Waals surface area contributed by atoms with Crippen molar-refractivity contribution in [2.45, 2.75) is 13.0 Å². The summed E-state index contributed by atoms with van der Waals surface area (Å²) in [5.41, 5.74) is 2.35. The number of carbonyl (C=O) groups excluding carboxylic acids is 1. The quantitative estimate of drug-likeness (QED) is 0.841. The van der Waals surface area contributed by atoms with Crippen molar-refractivity contribution < 1.29 is 9.53 Å². The highest BCUT2D eigenvalue weighted by atomic mass is 16.5. The number of nitrogens with zero attached hydrogens (tertiary/aromatic N) is 1. The summed E-state index contributed by atoms with van der Waals surface area (Å²) in [7, 11) is 0. The standard InChI is InChI=1S/C13H13N3O2/c1-8-10(6-14-16-8)13(17)15-11-7-18-12-5-3-2-4-9(11)12/h2-6,11H,7H2,1H3,(H,14,16)(H,15,17). The SMILES string of the molecule is Cc1[nH]ncc1C(=O)NC1COc2ccccc21. The van der Waals surface area contributed by atoms with Crippen LogP contribution in [0.25, 0.3) is 0 Å². The summed E-state index contributed by atoms with van der Waals surface area (Å²) in [5, 5.41) is 9.55. The summed E-state index contributed by atoms with van der Waals surface area (Å²) in [6.07, 6.45) is 1.53. The Kier molecular flexibility index (Phi) is 2.51. The second kappa shape index (κ2) is 4.18. The molecule has 0 saturated carbocycles. The molecule has 1 unspecified atom stereocenters. The number of rotatable bonds is 2. The van der Waals surface area contributed by atoms with Crippen LogP contribution in [-0.2, 0) is 0 Å². The monoisotopic (exact) mass is 243 g/mol. The summed E-state index contributed by atoms with van der Waals surface area (Å²) in [5.74, 6) is 0.707. The Labute approximate surface area is 104 Å². The van der Waals surface area contributed by atoms with Gasteiger partial charge in [0.25, 0.3) is 5.91 Å². The number of nitrogens with one attached hydrogen (secondary N) is 2. The number of carbonyl (C=O) groups is 1. The van der Waals surface area contributed by atoms with Gasteiger partial charge >= 0.3 is 0 Å². The molecule has 1 aliphatic heterocycles. The molecule has 92 valence electrons. The first kappa shape index (κ1) is 10.8. The lowest BCUT2D eigenvalue weighted by molar-refractivity contribution is 0.0930. The Hall–Kier alpha value is -2.30. The third kappa shape index (κ3) is 1.73. The molecule has 1 aromatic carbocycles. The maximum atomic E-state index is 12.1. The van der Waals surface area contributed by atoms with E-state index in [1.807, 2.05) is 31.2 Å². The average Bonchev–Trinajstić information content (AvgIpc) is 2.97. The van der Waals surface area contributed by atoms with Gasteiger partial charge in [0.2, 0.25) is 0 Å². The number of fused-ring (bicyclic) bond motifs is 1. The maximum absolute atomic E-state index is 12.1. The Morgan fingerprint density at radius 3 is 3.11 bits per heavy atom. The molecule has 18 heavy (non-hydrogen) atoms. The van der Waals surface area contributed by atoms with Gasteiger partial charge in [-0.25, -0.2) is 0 Å². The first-order valence-corrected chi connectivity index (χ1v) is 5.78. The van der Waals surface area contributed by atoms with Crippen molar-refractivity contribution in [1.82, 2.24) is 15.5 Å². The number of hydrogen-bond acceptors (Lipinski definition) is 3. The van der Waals surface area contributed by atoms with E-state index in [2.05, 4.69) is 15.5 Å². The number of aromatic nitrogens is 2. The normalized spacial score (nSPS) is 17.1. The molecule has 0 aliphatic carbocycles. The zero-order chi connectivity index (χ0) is 12.5. The van der Waals surface area contributed by atoms with E-state index >= 15 is 0 Å². The molecule has 2 heterocycles. The van der Waals surface area contributed by atoms with E-state index in [1.165, 1.54) is 6.20 Å². The summed E-state index contributed by atoms with van der Waals surface area (Å²) in [4.78, 5) is 12.1. The molecular weight excluding hydrogens is 230 g/mol. The molecule has 2 N–H and O–H groups in total. The lowest BCUT2D eigenvalue weighted by Gasteiger charge is -2.11. The molecule has 0 radical (unpaired) electrons. The average molecular weight is 243 g/mol. The van der Waals surface area contributed by atoms with Crippen LogP contribution in [-0.4, -0.2) is 22.7 Å². The molecule has 0 fully saturated rings. The molecule has 1 aliphatic rings. The molecule has 0 spiro atoms. The van der Waals surface area contributed by atoms with Crippen molar-refractivity contribution in [1.29, 1.82) is 0 Å². The van der Waals surface area contributed by atoms with Gasteiger partial charge in [0.15, 0.2) is 0 Å². The van der Waals surface area contributed by atoms with Crippen molar-refractivity contribution >= 4 is 5.91 Å². The minimum Gasteiger partial charge on any atom is -0.491 e. The Bertz CT molecular complexity index is 591. The topological polar surface area (TPSA) is 67.0 Å². The number of aromatic amines is 1. The molecule has 1 aromatic heterocycles. The van der Waals surface area contributed by atoms with Crippen molar-refractivity contribution in [2.75, 3.05) is 6.61 Å². The van der Waals surface area contributed by atoms with Crippen LogP contribution < -0.4 is 10.1 Å². The third-order valence-electron chi connectivity index (χ3n) is 3.08. The van der Waals surface area contributed by atoms with Gasteiger partial charge in [0.05, 0.1) is 17.8 Å². The lowest BCUT2D eigenvalue weighted by atomic mass is 10.1. The van der Waals surface area contributed by atoms with Gasteiger partial charge in [-0.15, -0.1) is 0 Å². The Balaban J connectivity index is 1.79. The number of para-hydroxylation sites is 1. The number of amides is 1. The number of hydrogen-bond donors (Lipinski definition) is 2. The lowest BCUT2D eigenvalue weighted by Crippen LogP contribution is -2.29. The van der Waals surface area contributed by atoms with Gasteiger partial charge in [-0.2, -0.15) is 5.10 Å². The second-order valence-corrected chi connectivity index (χ2v) is 4.28. The molecule has 5 nitrogen and oxygen atoms in total. The summed E-state index contributed by atoms with van der Waals surface area (Å²) < 4.78 is 5.52. The molecule has 0 bridgehead atoms. The highest BCUT2D eigenvalue weighted by Crippen LogP contribution is 2.31. The van der Waals surface area contributed by atoms with E-state index < -0.39 is 0 Å². The number of aryl methyl sites for hydroxylation is 1. The van der Waals surface area contributed by atoms with E-state index in [4.69, 9.17) is 4.74 Å². The van der Waals surface area contributed by atoms with Gasteiger partial charge in [0.1, 0.15) is 12.4 Å². The first-order chi connectivity index (χ1) is 8.75. The van der Waals surface area contributed by atoms with E-state index in [9.17, 15) is 4.79 Å². The number of benzene rings is 1. The van der Waals surface area contributed by atoms with Crippen LogP contribution >= 0.6 is 0 Å². The summed E-state index contributed by atoms with van der Waals surface area (Å²) >= 11 is 0. The number of ether oxygens (including phenoxy) is 1. The molecule has 2 aromatic rings. The van der Waals surface area contributed by atoms with Gasteiger partial charge in [-0.3, -0.25) is 9.89 Å². The van der Waals surface area contributed by atoms with Gasteiger partial charge in [-0.05, 0) is 13.0 Å². The molecule has 0 saturated heterocycles. The predicted molar refractivity (Wildman–Crippen MR) is 65.5 cm³/mol. The Morgan fingerprint density at radius 2 is 2.33 bits per heavy atom. The van der Waals surface area contributed by atoms with Crippen molar-refractivity contribution in [3.63, 3.8) is 0 Å². The molecule has 1 atom stereocenters. The molecule has 1 amide bonds. The van der Waals surface area contributed by atoms with Gasteiger partial charge in [-0.1, -0.05) is 18.2 Å². The minimum absolute atomic E-state index is 0.0944. The molecule has 3 rings (SSSR count). The van der Waals surface area contributed by atoms with Crippen LogP contribution in [0.2, 0.25) is 0 Å². The molecular formula is C13H13N3O2. The summed E-state index contributed by atoms with van der Waals surface area (Å²) in [6, 6.07) is 7.64. The zero-order valence-electron chi connectivity index (χ0n) is 9.93. The van der Waals surface area contributed by atoms with Crippen LogP contribution in [0.4, 0.5) is 0 Å². The van der Waals surface area contributed by atoms with Crippen LogP contribution in [0, 0.1) is 6.92 Å². The smallest absolute Gasteiger partial charge is 0.255 e. The fourth-order valence-electron chi connectivity index (χ4n) is 2.10. The Morgan fingerprint density at radius 1 is 1.50 bits per heavy atom. The highest BCUT2D eigenvalue weighted by Gasteiger charge is 2.26. The van der Waals surface area contributed by atoms with Crippen LogP contribution in [0.3, 0.4) is 0 Å². The fraction of sp³-hybridized carbons (Fsp3) is 0.231. The van der Waals surface area contributed by atoms with Crippen LogP contribution in [0.5, 0.6) is 5.75 Å². The fourth-order valence-corrected chi connectivity index (χ4v) is 2.10. The van der Waals surface area contributed by atoms with Crippen molar-refractivity contribution in [3.8, 4) is 5.75 Å². The van der Waals surface area contributed by atoms with Crippen LogP contribution in [0.1, 0.15) is 27.7 Å². The van der Waals surface area contributed by atoms with Gasteiger partial charge in [0, 0.05) is 11.3 Å². The highest BCUT2D eigenvalue weighted by molar-refractivity contribution is 5.95. The van der Waals surface area contributed by atoms with E-state index in [1.54, 1.807) is 0 Å². The predicted octanol–water partition coefficient (Wildman–Crippen LogP) is 1.58. The van der Waals surface area contributed by atoms with E-state index in [0.717, 1.165) is 17.0 Å². The molecule has 5 heteroatoms. The van der Waals surface area contributed by atoms with Gasteiger partial charge < -0.3 is 10.1 Å². The third-order valence-corrected chi connectivity index (χ3v) is 3.08. The van der Waals surface area contributed by atoms with E-state index in [0.29, 0.717) is 12.2 Å². The van der Waals surface area contributed by atoms with Crippen LogP contribution in [0.15, 0.2) is 30.5 Å². The maximum Gasteiger partial charge on any atom is 0.255 e. The second-order valence-electron chi connectivity index (χ2n) is 4.28. The largest absolute Gasteiger partial charge is 0.491 e. The zero-order valence-corrected chi connectivity index (χ0v) is 9.93. The minimum atomic E-state index is -0.133. The van der Waals surface area contributed by atoms with E-state index in [-0.39, 0.29) is 11.9 Å². The number of H-pyrrole nitrogens is 1. The summed E-state index contributed by atoms with van der Waals surface area (Å²) in [6.45, 7) is 2.29. The first-order valence-electron chi connectivity index (χ1n) is 5.78. The van der Waals surface area contributed by atoms with Crippen molar-refractivity contribution in [3.05, 3.63) is 47.3 Å². The van der Waals surface area contributed by atoms with Crippen molar-refractivity contribution in [2.24, 2.45) is 0 Å².